The average molecular weight is 476 g/mol. The number of aryl methyl sites for hydroxylation is 1. The van der Waals surface area contributed by atoms with E-state index in [0.717, 1.165) is 22.6 Å². The Balaban J connectivity index is 1.45. The minimum atomic E-state index is -0.463. The van der Waals surface area contributed by atoms with Gasteiger partial charge in [0.05, 0.1) is 29.8 Å². The summed E-state index contributed by atoms with van der Waals surface area (Å²) in [5, 5.41) is 5.53. The first-order valence-electron chi connectivity index (χ1n) is 10.8. The average Bonchev–Trinajstić information content (AvgIpc) is 3.51. The predicted octanol–water partition coefficient (Wildman–Crippen LogP) is 6.01. The van der Waals surface area contributed by atoms with Gasteiger partial charge >= 0.3 is 5.97 Å². The molecule has 174 valence electrons. The number of hydrogen-bond donors (Lipinski definition) is 1. The number of ether oxygens (including phenoxy) is 1. The molecular formula is C26H25N3O4S. The van der Waals surface area contributed by atoms with Crippen LogP contribution in [0.3, 0.4) is 0 Å². The first-order chi connectivity index (χ1) is 16.4. The lowest BCUT2D eigenvalue weighted by Gasteiger charge is -2.21. The highest BCUT2D eigenvalue weighted by Crippen LogP contribution is 2.32. The van der Waals surface area contributed by atoms with Gasteiger partial charge in [-0.25, -0.2) is 9.78 Å². The Morgan fingerprint density at radius 3 is 2.68 bits per heavy atom. The second kappa shape index (κ2) is 10.4. The lowest BCUT2D eigenvalue weighted by Crippen LogP contribution is -2.23. The van der Waals surface area contributed by atoms with Gasteiger partial charge in [-0.05, 0) is 55.3 Å². The van der Waals surface area contributed by atoms with E-state index in [9.17, 15) is 9.59 Å². The number of rotatable bonds is 8. The Bertz CT molecular complexity index is 1300. The number of hydrogen-bond acceptors (Lipinski definition) is 7. The fraction of sp³-hybridized carbons (Fsp3) is 0.192. The number of para-hydroxylation sites is 1. The van der Waals surface area contributed by atoms with E-state index < -0.39 is 5.97 Å². The summed E-state index contributed by atoms with van der Waals surface area (Å²) in [5.74, 6) is 0.162. The van der Waals surface area contributed by atoms with E-state index in [1.807, 2.05) is 56.3 Å². The number of thiazole rings is 1. The minimum Gasteiger partial charge on any atom is -0.467 e. The van der Waals surface area contributed by atoms with Crippen molar-refractivity contribution in [2.45, 2.75) is 33.9 Å². The minimum absolute atomic E-state index is 0.000393. The molecule has 0 aliphatic heterocycles. The predicted molar refractivity (Wildman–Crippen MR) is 132 cm³/mol. The summed E-state index contributed by atoms with van der Waals surface area (Å²) in [6, 6.07) is 16.6. The quantitative estimate of drug-likeness (QED) is 0.314. The normalized spacial score (nSPS) is 10.7. The van der Waals surface area contributed by atoms with Gasteiger partial charge in [-0.15, -0.1) is 11.3 Å². The molecule has 0 atom stereocenters. The number of carbonyl (C=O) groups is 2. The van der Waals surface area contributed by atoms with Gasteiger partial charge < -0.3 is 14.5 Å². The Morgan fingerprint density at radius 1 is 1.09 bits per heavy atom. The van der Waals surface area contributed by atoms with Gasteiger partial charge in [0.2, 0.25) is 5.91 Å². The molecule has 4 aromatic rings. The number of esters is 1. The highest BCUT2D eigenvalue weighted by Gasteiger charge is 2.21. The van der Waals surface area contributed by atoms with Gasteiger partial charge in [-0.3, -0.25) is 9.69 Å². The Morgan fingerprint density at radius 2 is 1.91 bits per heavy atom. The van der Waals surface area contributed by atoms with E-state index >= 15 is 0 Å². The summed E-state index contributed by atoms with van der Waals surface area (Å²) < 4.78 is 10.9. The number of benzene rings is 2. The fourth-order valence-corrected chi connectivity index (χ4v) is 4.34. The standard InChI is InChI=1S/C26H25N3O4S/c1-17-8-6-12-24(18(17)2)29(19(3)30)26-28-20(16-34-26)15-33-25(31)22-10-4-5-11-23(22)27-14-21-9-7-13-32-21/h4-13,16,27H,14-15H2,1-3H3. The topological polar surface area (TPSA) is 84.7 Å². The molecule has 34 heavy (non-hydrogen) atoms. The number of nitrogens with zero attached hydrogens (tertiary/aromatic N) is 2. The maximum absolute atomic E-state index is 12.8. The van der Waals surface area contributed by atoms with Crippen LogP contribution < -0.4 is 10.2 Å². The van der Waals surface area contributed by atoms with Crippen molar-refractivity contribution in [1.29, 1.82) is 0 Å². The third kappa shape index (κ3) is 5.18. The van der Waals surface area contributed by atoms with Crippen LogP contribution in [-0.2, 0) is 22.7 Å². The SMILES string of the molecule is CC(=O)N(c1nc(COC(=O)c2ccccc2NCc2ccco2)cs1)c1cccc(C)c1C. The van der Waals surface area contributed by atoms with Crippen molar-refractivity contribution < 1.29 is 18.7 Å². The first-order valence-corrected chi connectivity index (χ1v) is 11.7. The summed E-state index contributed by atoms with van der Waals surface area (Å²) in [7, 11) is 0. The van der Waals surface area contributed by atoms with Gasteiger partial charge in [0, 0.05) is 18.0 Å². The third-order valence-electron chi connectivity index (χ3n) is 5.39. The lowest BCUT2D eigenvalue weighted by atomic mass is 10.1. The molecule has 0 aliphatic carbocycles. The summed E-state index contributed by atoms with van der Waals surface area (Å²) in [6.07, 6.45) is 1.60. The molecule has 8 heteroatoms. The van der Waals surface area contributed by atoms with Crippen molar-refractivity contribution in [1.82, 2.24) is 4.98 Å². The molecule has 0 spiro atoms. The van der Waals surface area contributed by atoms with Gasteiger partial charge in [0.25, 0.3) is 0 Å². The molecule has 0 aliphatic rings. The first kappa shape index (κ1) is 23.3. The largest absolute Gasteiger partial charge is 0.467 e. The molecular weight excluding hydrogens is 450 g/mol. The molecule has 0 saturated heterocycles. The van der Waals surface area contributed by atoms with E-state index in [2.05, 4.69) is 10.3 Å². The van der Waals surface area contributed by atoms with Crippen molar-refractivity contribution >= 4 is 39.7 Å². The summed E-state index contributed by atoms with van der Waals surface area (Å²) in [5.41, 5.74) is 4.55. The van der Waals surface area contributed by atoms with E-state index in [1.54, 1.807) is 28.7 Å². The molecule has 0 unspecified atom stereocenters. The molecule has 0 bridgehead atoms. The lowest BCUT2D eigenvalue weighted by molar-refractivity contribution is -0.115. The molecule has 1 N–H and O–H groups in total. The Hall–Kier alpha value is -3.91. The van der Waals surface area contributed by atoms with Gasteiger partial charge in [0.15, 0.2) is 5.13 Å². The van der Waals surface area contributed by atoms with Crippen LogP contribution >= 0.6 is 11.3 Å². The highest BCUT2D eigenvalue weighted by atomic mass is 32.1. The Kier molecular flexibility index (Phi) is 7.08. The van der Waals surface area contributed by atoms with Crippen LogP contribution in [0.25, 0.3) is 0 Å². The number of amides is 1. The number of furan rings is 1. The highest BCUT2D eigenvalue weighted by molar-refractivity contribution is 7.14. The third-order valence-corrected chi connectivity index (χ3v) is 6.27. The van der Waals surface area contributed by atoms with E-state index in [4.69, 9.17) is 9.15 Å². The molecule has 2 aromatic heterocycles. The van der Waals surface area contributed by atoms with Crippen molar-refractivity contribution in [2.24, 2.45) is 0 Å². The molecule has 1 amide bonds. The van der Waals surface area contributed by atoms with Crippen molar-refractivity contribution in [3.63, 3.8) is 0 Å². The number of nitrogens with one attached hydrogen (secondary N) is 1. The smallest absolute Gasteiger partial charge is 0.340 e. The maximum atomic E-state index is 12.8. The van der Waals surface area contributed by atoms with E-state index in [0.29, 0.717) is 28.6 Å². The van der Waals surface area contributed by atoms with Gasteiger partial charge in [0.1, 0.15) is 12.4 Å². The molecule has 0 saturated carbocycles. The summed E-state index contributed by atoms with van der Waals surface area (Å²) in [6.45, 7) is 5.95. The number of anilines is 3. The second-order valence-corrected chi connectivity index (χ2v) is 8.59. The van der Waals surface area contributed by atoms with Crippen LogP contribution in [0.15, 0.2) is 70.7 Å². The van der Waals surface area contributed by atoms with Crippen LogP contribution in [0, 0.1) is 13.8 Å². The zero-order valence-corrected chi connectivity index (χ0v) is 20.0. The maximum Gasteiger partial charge on any atom is 0.340 e. The molecule has 4 rings (SSSR count). The zero-order chi connectivity index (χ0) is 24.1. The molecule has 2 heterocycles. The Labute approximate surface area is 202 Å². The molecule has 0 fully saturated rings. The molecule has 7 nitrogen and oxygen atoms in total. The van der Waals surface area contributed by atoms with Crippen molar-refractivity contribution in [3.8, 4) is 0 Å². The molecule has 2 aromatic carbocycles. The van der Waals surface area contributed by atoms with Crippen LogP contribution in [0.5, 0.6) is 0 Å². The van der Waals surface area contributed by atoms with E-state index in [-0.39, 0.29) is 12.5 Å². The van der Waals surface area contributed by atoms with Crippen LogP contribution in [-0.4, -0.2) is 16.9 Å². The number of aromatic nitrogens is 1. The monoisotopic (exact) mass is 475 g/mol. The molecule has 0 radical (unpaired) electrons. The fourth-order valence-electron chi connectivity index (χ4n) is 3.48. The van der Waals surface area contributed by atoms with Gasteiger partial charge in [-0.1, -0.05) is 24.3 Å². The van der Waals surface area contributed by atoms with Crippen LogP contribution in [0.4, 0.5) is 16.5 Å². The number of carbonyl (C=O) groups excluding carboxylic acids is 2. The van der Waals surface area contributed by atoms with Crippen molar-refractivity contribution in [3.05, 3.63) is 94.4 Å². The van der Waals surface area contributed by atoms with E-state index in [1.165, 1.54) is 18.3 Å². The second-order valence-electron chi connectivity index (χ2n) is 7.75. The van der Waals surface area contributed by atoms with Crippen LogP contribution in [0.2, 0.25) is 0 Å². The summed E-state index contributed by atoms with van der Waals surface area (Å²) >= 11 is 1.33. The van der Waals surface area contributed by atoms with Crippen LogP contribution in [0.1, 0.15) is 39.9 Å². The summed E-state index contributed by atoms with van der Waals surface area (Å²) in [4.78, 5) is 31.4. The van der Waals surface area contributed by atoms with Crippen molar-refractivity contribution in [2.75, 3.05) is 10.2 Å². The zero-order valence-electron chi connectivity index (χ0n) is 19.2. The van der Waals surface area contributed by atoms with Gasteiger partial charge in [-0.2, -0.15) is 0 Å².